The molecule has 0 unspecified atom stereocenters. The highest BCUT2D eigenvalue weighted by Crippen LogP contribution is 2.24. The number of hydrogen-bond acceptors (Lipinski definition) is 7. The van der Waals surface area contributed by atoms with Crippen molar-refractivity contribution < 1.29 is 8.83 Å². The van der Waals surface area contributed by atoms with Crippen molar-refractivity contribution in [1.29, 1.82) is 0 Å². The lowest BCUT2D eigenvalue weighted by Crippen LogP contribution is -1.99. The van der Waals surface area contributed by atoms with Gasteiger partial charge in [-0.2, -0.15) is 0 Å². The number of nitrogens with zero attached hydrogens (tertiary/aromatic N) is 5. The second kappa shape index (κ2) is 7.24. The first-order chi connectivity index (χ1) is 12.3. The molecule has 0 atom stereocenters. The van der Waals surface area contributed by atoms with Crippen molar-refractivity contribution in [1.82, 2.24) is 25.0 Å². The van der Waals surface area contributed by atoms with Gasteiger partial charge in [-0.1, -0.05) is 27.7 Å². The van der Waals surface area contributed by atoms with Crippen LogP contribution < -0.4 is 0 Å². The van der Waals surface area contributed by atoms with E-state index in [1.807, 2.05) is 41.0 Å². The first-order valence-corrected chi connectivity index (χ1v) is 9.17. The normalized spacial score (nSPS) is 11.1. The molecule has 0 saturated heterocycles. The molecule has 0 radical (unpaired) electrons. The fraction of sp³-hybridized carbons (Fsp3) is 0.125. The SMILES string of the molecule is Brc1ccc(-c2nnc(CSc3nncn3Cc3ccco3)o2)cc1. The summed E-state index contributed by atoms with van der Waals surface area (Å²) in [5.41, 5.74) is 0.882. The summed E-state index contributed by atoms with van der Waals surface area (Å²) in [6, 6.07) is 11.5. The number of hydrogen-bond donors (Lipinski definition) is 0. The summed E-state index contributed by atoms with van der Waals surface area (Å²) in [4.78, 5) is 0. The monoisotopic (exact) mass is 417 g/mol. The minimum atomic E-state index is 0.500. The Morgan fingerprint density at radius 1 is 1.08 bits per heavy atom. The Morgan fingerprint density at radius 3 is 2.76 bits per heavy atom. The van der Waals surface area contributed by atoms with Crippen LogP contribution in [0.2, 0.25) is 0 Å². The molecule has 3 heterocycles. The predicted molar refractivity (Wildman–Crippen MR) is 94.8 cm³/mol. The van der Waals surface area contributed by atoms with Gasteiger partial charge in [0, 0.05) is 10.0 Å². The molecular weight excluding hydrogens is 406 g/mol. The summed E-state index contributed by atoms with van der Waals surface area (Å²) in [6.07, 6.45) is 3.32. The molecule has 3 aromatic heterocycles. The molecule has 0 fully saturated rings. The lowest BCUT2D eigenvalue weighted by atomic mass is 10.2. The van der Waals surface area contributed by atoms with Crippen LogP contribution in [-0.2, 0) is 12.3 Å². The highest BCUT2D eigenvalue weighted by molar-refractivity contribution is 9.10. The standard InChI is InChI=1S/C16H12BrN5O2S/c17-12-5-3-11(4-6-12)15-20-19-14(24-15)9-25-16-21-18-10-22(16)8-13-2-1-7-23-13/h1-7,10H,8-9H2. The molecule has 4 rings (SSSR count). The van der Waals surface area contributed by atoms with E-state index in [0.29, 0.717) is 24.1 Å². The van der Waals surface area contributed by atoms with Crippen LogP contribution in [0.5, 0.6) is 0 Å². The fourth-order valence-corrected chi connectivity index (χ4v) is 3.20. The lowest BCUT2D eigenvalue weighted by molar-refractivity contribution is 0.484. The zero-order valence-electron chi connectivity index (χ0n) is 12.9. The highest BCUT2D eigenvalue weighted by atomic mass is 79.9. The van der Waals surface area contributed by atoms with Crippen LogP contribution in [0.4, 0.5) is 0 Å². The van der Waals surface area contributed by atoms with Crippen molar-refractivity contribution in [3.05, 3.63) is 65.1 Å². The molecule has 0 bridgehead atoms. The van der Waals surface area contributed by atoms with E-state index < -0.39 is 0 Å². The van der Waals surface area contributed by atoms with Gasteiger partial charge in [0.1, 0.15) is 12.1 Å². The molecule has 0 aliphatic rings. The van der Waals surface area contributed by atoms with Crippen molar-refractivity contribution >= 4 is 27.7 Å². The molecule has 9 heteroatoms. The molecule has 0 spiro atoms. The Bertz CT molecular complexity index is 949. The van der Waals surface area contributed by atoms with E-state index in [1.54, 1.807) is 12.6 Å². The topological polar surface area (TPSA) is 82.8 Å². The molecule has 1 aromatic carbocycles. The van der Waals surface area contributed by atoms with Crippen molar-refractivity contribution in [2.24, 2.45) is 0 Å². The van der Waals surface area contributed by atoms with Gasteiger partial charge in [0.2, 0.25) is 11.8 Å². The Hall–Kier alpha value is -2.39. The molecular formula is C16H12BrN5O2S. The van der Waals surface area contributed by atoms with E-state index in [-0.39, 0.29) is 0 Å². The van der Waals surface area contributed by atoms with Crippen molar-refractivity contribution in [3.8, 4) is 11.5 Å². The predicted octanol–water partition coefficient (Wildman–Crippen LogP) is 4.02. The molecule has 0 N–H and O–H groups in total. The maximum absolute atomic E-state index is 5.72. The minimum Gasteiger partial charge on any atom is -0.467 e. The Balaban J connectivity index is 1.42. The van der Waals surface area contributed by atoms with Gasteiger partial charge in [-0.25, -0.2) is 0 Å². The highest BCUT2D eigenvalue weighted by Gasteiger charge is 2.12. The molecule has 25 heavy (non-hydrogen) atoms. The quantitative estimate of drug-likeness (QED) is 0.438. The van der Waals surface area contributed by atoms with Crippen LogP contribution in [0.25, 0.3) is 11.5 Å². The van der Waals surface area contributed by atoms with Crippen LogP contribution >= 0.6 is 27.7 Å². The van der Waals surface area contributed by atoms with Gasteiger partial charge in [-0.15, -0.1) is 20.4 Å². The average molecular weight is 418 g/mol. The smallest absolute Gasteiger partial charge is 0.247 e. The minimum absolute atomic E-state index is 0.500. The summed E-state index contributed by atoms with van der Waals surface area (Å²) in [7, 11) is 0. The first-order valence-electron chi connectivity index (χ1n) is 7.39. The molecule has 126 valence electrons. The molecule has 0 aliphatic carbocycles. The van der Waals surface area contributed by atoms with E-state index in [9.17, 15) is 0 Å². The maximum atomic E-state index is 5.72. The van der Waals surface area contributed by atoms with E-state index in [4.69, 9.17) is 8.83 Å². The van der Waals surface area contributed by atoms with Crippen LogP contribution in [0.3, 0.4) is 0 Å². The summed E-state index contributed by atoms with van der Waals surface area (Å²) in [5, 5.41) is 17.0. The number of halogens is 1. The number of furan rings is 1. The van der Waals surface area contributed by atoms with Gasteiger partial charge < -0.3 is 13.4 Å². The molecule has 0 amide bonds. The summed E-state index contributed by atoms with van der Waals surface area (Å²) in [6.45, 7) is 0.580. The average Bonchev–Trinajstić information content (AvgIpc) is 3.36. The van der Waals surface area contributed by atoms with E-state index in [0.717, 1.165) is 21.0 Å². The van der Waals surface area contributed by atoms with Gasteiger partial charge >= 0.3 is 0 Å². The number of rotatable bonds is 6. The van der Waals surface area contributed by atoms with E-state index >= 15 is 0 Å². The Morgan fingerprint density at radius 2 is 1.96 bits per heavy atom. The lowest BCUT2D eigenvalue weighted by Gasteiger charge is -2.02. The van der Waals surface area contributed by atoms with Crippen LogP contribution in [0, 0.1) is 0 Å². The van der Waals surface area contributed by atoms with Gasteiger partial charge in [-0.05, 0) is 36.4 Å². The fourth-order valence-electron chi connectivity index (χ4n) is 2.18. The third kappa shape index (κ3) is 3.83. The molecule has 7 nitrogen and oxygen atoms in total. The summed E-state index contributed by atoms with van der Waals surface area (Å²) in [5.74, 6) is 2.40. The van der Waals surface area contributed by atoms with Gasteiger partial charge in [0.05, 0.1) is 18.6 Å². The second-order valence-electron chi connectivity index (χ2n) is 5.12. The molecule has 0 aliphatic heterocycles. The van der Waals surface area contributed by atoms with Gasteiger partial charge in [-0.3, -0.25) is 0 Å². The third-order valence-corrected chi connectivity index (χ3v) is 4.86. The van der Waals surface area contributed by atoms with E-state index in [2.05, 4.69) is 36.3 Å². The zero-order valence-corrected chi connectivity index (χ0v) is 15.3. The van der Waals surface area contributed by atoms with Crippen LogP contribution in [0.15, 0.2) is 67.5 Å². The van der Waals surface area contributed by atoms with E-state index in [1.165, 1.54) is 11.8 Å². The summed E-state index contributed by atoms with van der Waals surface area (Å²) >= 11 is 4.89. The second-order valence-corrected chi connectivity index (χ2v) is 6.98. The largest absolute Gasteiger partial charge is 0.467 e. The van der Waals surface area contributed by atoms with Crippen molar-refractivity contribution in [2.45, 2.75) is 17.5 Å². The van der Waals surface area contributed by atoms with Crippen LogP contribution in [0.1, 0.15) is 11.7 Å². The zero-order chi connectivity index (χ0) is 17.1. The molecule has 0 saturated carbocycles. The first kappa shape index (κ1) is 16.1. The number of benzene rings is 1. The maximum Gasteiger partial charge on any atom is 0.247 e. The van der Waals surface area contributed by atoms with Gasteiger partial charge in [0.15, 0.2) is 5.16 Å². The Kier molecular flexibility index (Phi) is 4.66. The molecule has 4 aromatic rings. The van der Waals surface area contributed by atoms with Crippen molar-refractivity contribution in [3.63, 3.8) is 0 Å². The number of aromatic nitrogens is 5. The third-order valence-electron chi connectivity index (χ3n) is 3.37. The van der Waals surface area contributed by atoms with Crippen molar-refractivity contribution in [2.75, 3.05) is 0 Å². The van der Waals surface area contributed by atoms with Gasteiger partial charge in [0.25, 0.3) is 0 Å². The number of thioether (sulfide) groups is 1. The van der Waals surface area contributed by atoms with Crippen LogP contribution in [-0.4, -0.2) is 25.0 Å². The summed E-state index contributed by atoms with van der Waals surface area (Å²) < 4.78 is 14.0. The Labute approximate surface area is 155 Å².